The van der Waals surface area contributed by atoms with Crippen LogP contribution < -0.4 is 9.47 Å². The van der Waals surface area contributed by atoms with Crippen molar-refractivity contribution in [3.05, 3.63) is 65.1 Å². The summed E-state index contributed by atoms with van der Waals surface area (Å²) in [5.41, 5.74) is 1.26. The van der Waals surface area contributed by atoms with E-state index in [2.05, 4.69) is 4.99 Å². The normalized spacial score (nSPS) is 15.0. The lowest BCUT2D eigenvalue weighted by atomic mass is 10.1. The van der Waals surface area contributed by atoms with E-state index in [0.29, 0.717) is 35.8 Å². The molecule has 0 spiro atoms. The van der Waals surface area contributed by atoms with Crippen molar-refractivity contribution in [2.75, 3.05) is 13.2 Å². The molecule has 0 amide bonds. The van der Waals surface area contributed by atoms with Crippen molar-refractivity contribution in [2.24, 2.45) is 4.99 Å². The lowest BCUT2D eigenvalue weighted by Gasteiger charge is -2.11. The molecule has 2 aromatic carbocycles. The monoisotopic (exact) mass is 355 g/mol. The van der Waals surface area contributed by atoms with Crippen LogP contribution in [0.25, 0.3) is 6.08 Å². The Morgan fingerprint density at radius 2 is 1.85 bits per heavy atom. The van der Waals surface area contributed by atoms with Gasteiger partial charge in [0, 0.05) is 5.56 Å². The van der Waals surface area contributed by atoms with Gasteiger partial charge in [-0.1, -0.05) is 12.1 Å². The van der Waals surface area contributed by atoms with Crippen LogP contribution in [0.3, 0.4) is 0 Å². The molecule has 6 heteroatoms. The van der Waals surface area contributed by atoms with Gasteiger partial charge in [0.15, 0.2) is 17.2 Å². The van der Waals surface area contributed by atoms with Gasteiger partial charge in [-0.05, 0) is 55.8 Å². The van der Waals surface area contributed by atoms with Crippen molar-refractivity contribution < 1.29 is 23.4 Å². The Morgan fingerprint density at radius 3 is 2.58 bits per heavy atom. The Bertz CT molecular complexity index is 889. The number of nitrogens with zero attached hydrogens (tertiary/aromatic N) is 1. The first-order valence-electron chi connectivity index (χ1n) is 8.29. The molecule has 2 aromatic rings. The number of halogens is 1. The summed E-state index contributed by atoms with van der Waals surface area (Å²) in [6, 6.07) is 11.1. The molecule has 0 bridgehead atoms. The molecule has 0 aromatic heterocycles. The van der Waals surface area contributed by atoms with Crippen LogP contribution in [0.2, 0.25) is 0 Å². The number of cyclic esters (lactones) is 1. The Morgan fingerprint density at radius 1 is 1.08 bits per heavy atom. The molecule has 1 aliphatic rings. The van der Waals surface area contributed by atoms with E-state index >= 15 is 0 Å². The molecule has 0 saturated carbocycles. The number of hydrogen-bond acceptors (Lipinski definition) is 5. The van der Waals surface area contributed by atoms with E-state index in [0.717, 1.165) is 0 Å². The van der Waals surface area contributed by atoms with Crippen LogP contribution in [0.1, 0.15) is 25.0 Å². The van der Waals surface area contributed by atoms with Crippen molar-refractivity contribution in [3.63, 3.8) is 0 Å². The highest BCUT2D eigenvalue weighted by Crippen LogP contribution is 2.30. The first-order valence-corrected chi connectivity index (χ1v) is 8.29. The molecule has 26 heavy (non-hydrogen) atoms. The summed E-state index contributed by atoms with van der Waals surface area (Å²) in [6.07, 6.45) is 1.59. The van der Waals surface area contributed by atoms with E-state index in [1.165, 1.54) is 18.2 Å². The average Bonchev–Trinajstić information content (AvgIpc) is 2.98. The molecule has 1 heterocycles. The van der Waals surface area contributed by atoms with Crippen molar-refractivity contribution in [1.82, 2.24) is 0 Å². The van der Waals surface area contributed by atoms with Gasteiger partial charge < -0.3 is 14.2 Å². The van der Waals surface area contributed by atoms with Gasteiger partial charge in [0.2, 0.25) is 5.90 Å². The summed E-state index contributed by atoms with van der Waals surface area (Å²) >= 11 is 0. The van der Waals surface area contributed by atoms with E-state index < -0.39 is 11.8 Å². The van der Waals surface area contributed by atoms with E-state index in [9.17, 15) is 9.18 Å². The minimum absolute atomic E-state index is 0.0803. The smallest absolute Gasteiger partial charge is 0.363 e. The van der Waals surface area contributed by atoms with Crippen LogP contribution in [0.5, 0.6) is 11.5 Å². The summed E-state index contributed by atoms with van der Waals surface area (Å²) in [5, 5.41) is 0. The highest BCUT2D eigenvalue weighted by atomic mass is 19.1. The second kappa shape index (κ2) is 7.82. The Labute approximate surface area is 150 Å². The first-order chi connectivity index (χ1) is 12.6. The van der Waals surface area contributed by atoms with Gasteiger partial charge in [0.1, 0.15) is 5.82 Å². The van der Waals surface area contributed by atoms with Gasteiger partial charge in [-0.3, -0.25) is 0 Å². The van der Waals surface area contributed by atoms with Crippen LogP contribution in [0.15, 0.2) is 53.2 Å². The van der Waals surface area contributed by atoms with Crippen LogP contribution in [0, 0.1) is 5.82 Å². The van der Waals surface area contributed by atoms with Crippen molar-refractivity contribution in [1.29, 1.82) is 0 Å². The quantitative estimate of drug-likeness (QED) is 0.581. The topological polar surface area (TPSA) is 57.1 Å². The van der Waals surface area contributed by atoms with E-state index in [-0.39, 0.29) is 11.6 Å². The molecule has 0 N–H and O–H groups in total. The lowest BCUT2D eigenvalue weighted by molar-refractivity contribution is -0.129. The number of aliphatic imine (C=N–C) groups is 1. The molecular weight excluding hydrogens is 337 g/mol. The number of carbonyl (C=O) groups excluding carboxylic acids is 1. The number of hydrogen-bond donors (Lipinski definition) is 0. The summed E-state index contributed by atoms with van der Waals surface area (Å²) in [5.74, 6) is 0.290. The highest BCUT2D eigenvalue weighted by Gasteiger charge is 2.24. The second-order valence-electron chi connectivity index (χ2n) is 5.42. The van der Waals surface area contributed by atoms with Gasteiger partial charge >= 0.3 is 5.97 Å². The Kier molecular flexibility index (Phi) is 5.31. The van der Waals surface area contributed by atoms with Crippen LogP contribution in [-0.2, 0) is 9.53 Å². The highest BCUT2D eigenvalue weighted by molar-refractivity contribution is 6.12. The Hall–Kier alpha value is -3.15. The summed E-state index contributed by atoms with van der Waals surface area (Å²) in [4.78, 5) is 16.2. The number of rotatable bonds is 6. The minimum Gasteiger partial charge on any atom is -0.490 e. The molecule has 5 nitrogen and oxygen atoms in total. The Balaban J connectivity index is 1.91. The van der Waals surface area contributed by atoms with Gasteiger partial charge in [0.05, 0.1) is 13.2 Å². The van der Waals surface area contributed by atoms with Crippen LogP contribution >= 0.6 is 0 Å². The zero-order valence-electron chi connectivity index (χ0n) is 14.5. The third-order valence-corrected chi connectivity index (χ3v) is 3.56. The lowest BCUT2D eigenvalue weighted by Crippen LogP contribution is -2.05. The molecule has 0 radical (unpaired) electrons. The van der Waals surface area contributed by atoms with E-state index in [1.807, 2.05) is 13.8 Å². The number of esters is 1. The molecule has 0 fully saturated rings. The van der Waals surface area contributed by atoms with Crippen LogP contribution in [-0.4, -0.2) is 25.1 Å². The summed E-state index contributed by atoms with van der Waals surface area (Å²) in [7, 11) is 0. The standard InChI is InChI=1S/C20H18FNO4/c1-3-24-17-9-8-13(11-18(17)25-4-2)10-16-20(23)26-19(22-16)14-6-5-7-15(21)12-14/h5-12H,3-4H2,1-2H3/b16-10+. The molecule has 0 aliphatic carbocycles. The molecule has 0 saturated heterocycles. The molecular formula is C20H18FNO4. The zero-order chi connectivity index (χ0) is 18.5. The fourth-order valence-electron chi connectivity index (χ4n) is 2.47. The zero-order valence-corrected chi connectivity index (χ0v) is 14.5. The van der Waals surface area contributed by atoms with Crippen molar-refractivity contribution >= 4 is 17.9 Å². The molecule has 0 atom stereocenters. The maximum atomic E-state index is 13.3. The predicted molar refractivity (Wildman–Crippen MR) is 95.8 cm³/mol. The molecule has 3 rings (SSSR count). The van der Waals surface area contributed by atoms with Gasteiger partial charge in [-0.2, -0.15) is 0 Å². The number of benzene rings is 2. The largest absolute Gasteiger partial charge is 0.490 e. The third-order valence-electron chi connectivity index (χ3n) is 3.56. The minimum atomic E-state index is -0.587. The van der Waals surface area contributed by atoms with E-state index in [4.69, 9.17) is 14.2 Å². The third kappa shape index (κ3) is 3.91. The van der Waals surface area contributed by atoms with Gasteiger partial charge in [-0.25, -0.2) is 14.2 Å². The maximum Gasteiger partial charge on any atom is 0.363 e. The second-order valence-corrected chi connectivity index (χ2v) is 5.42. The fraction of sp³-hybridized carbons (Fsp3) is 0.200. The maximum absolute atomic E-state index is 13.3. The number of ether oxygens (including phenoxy) is 3. The molecule has 1 aliphatic heterocycles. The van der Waals surface area contributed by atoms with Crippen molar-refractivity contribution in [3.8, 4) is 11.5 Å². The molecule has 134 valence electrons. The first kappa shape index (κ1) is 17.7. The van der Waals surface area contributed by atoms with Gasteiger partial charge in [-0.15, -0.1) is 0 Å². The number of carbonyl (C=O) groups is 1. The van der Waals surface area contributed by atoms with Gasteiger partial charge in [0.25, 0.3) is 0 Å². The van der Waals surface area contributed by atoms with E-state index in [1.54, 1.807) is 30.3 Å². The fourth-order valence-corrected chi connectivity index (χ4v) is 2.47. The summed E-state index contributed by atoms with van der Waals surface area (Å²) < 4.78 is 29.6. The van der Waals surface area contributed by atoms with Crippen LogP contribution in [0.4, 0.5) is 4.39 Å². The summed E-state index contributed by atoms with van der Waals surface area (Å²) in [6.45, 7) is 4.78. The predicted octanol–water partition coefficient (Wildman–Crippen LogP) is 3.97. The van der Waals surface area contributed by atoms with Crippen molar-refractivity contribution in [2.45, 2.75) is 13.8 Å². The SMILES string of the molecule is CCOc1ccc(/C=C2/N=C(c3cccc(F)c3)OC2=O)cc1OCC. The molecule has 0 unspecified atom stereocenters. The average molecular weight is 355 g/mol.